The first kappa shape index (κ1) is 14.8. The summed E-state index contributed by atoms with van der Waals surface area (Å²) >= 11 is 0. The number of ether oxygens (including phenoxy) is 1. The molecule has 1 saturated heterocycles. The first-order valence-corrected chi connectivity index (χ1v) is 8.55. The summed E-state index contributed by atoms with van der Waals surface area (Å²) in [4.78, 5) is 15.2. The lowest BCUT2D eigenvalue weighted by atomic mass is 9.62. The first-order chi connectivity index (χ1) is 10.2. The van der Waals surface area contributed by atoms with Crippen LogP contribution >= 0.6 is 0 Å². The average molecular weight is 290 g/mol. The van der Waals surface area contributed by atoms with E-state index < -0.39 is 5.41 Å². The quantitative estimate of drug-likeness (QED) is 0.750. The molecule has 4 nitrogen and oxygen atoms in total. The SMILES string of the molecule is CCOC(=O)C1(C#N)CCC2CCCCC21N1CCCC1. The number of carbonyl (C=O) groups excluding carboxylic acids is 1. The Balaban J connectivity index is 2.05. The number of likely N-dealkylation sites (tertiary alicyclic amines) is 1. The molecule has 0 bridgehead atoms. The molecule has 116 valence electrons. The molecule has 0 amide bonds. The number of nitriles is 1. The molecular formula is C17H26N2O2. The minimum atomic E-state index is -0.932. The third-order valence-corrected chi connectivity index (χ3v) is 6.13. The van der Waals surface area contributed by atoms with Crippen molar-refractivity contribution in [2.45, 2.75) is 63.8 Å². The van der Waals surface area contributed by atoms with Gasteiger partial charge < -0.3 is 4.74 Å². The Kier molecular flexibility index (Phi) is 3.96. The second-order valence-electron chi connectivity index (χ2n) is 6.84. The zero-order chi connectivity index (χ0) is 14.9. The van der Waals surface area contributed by atoms with E-state index in [0.29, 0.717) is 18.9 Å². The third kappa shape index (κ3) is 1.93. The Hall–Kier alpha value is -1.08. The highest BCUT2D eigenvalue weighted by Gasteiger charge is 2.68. The Bertz CT molecular complexity index is 452. The molecule has 2 saturated carbocycles. The molecule has 0 spiro atoms. The van der Waals surface area contributed by atoms with Gasteiger partial charge in [-0.3, -0.25) is 9.69 Å². The van der Waals surface area contributed by atoms with Gasteiger partial charge in [-0.2, -0.15) is 5.26 Å². The second kappa shape index (κ2) is 5.61. The van der Waals surface area contributed by atoms with Gasteiger partial charge in [0.05, 0.1) is 18.2 Å². The lowest BCUT2D eigenvalue weighted by Crippen LogP contribution is -2.63. The molecule has 3 atom stereocenters. The molecule has 21 heavy (non-hydrogen) atoms. The van der Waals surface area contributed by atoms with Crippen LogP contribution in [-0.4, -0.2) is 36.1 Å². The molecule has 3 unspecified atom stereocenters. The standard InChI is InChI=1S/C17H26N2O2/c1-2-21-15(20)16(13-18)10-8-14-7-3-4-9-17(14,16)19-11-5-6-12-19/h14H,2-12H2,1H3. The van der Waals surface area contributed by atoms with Gasteiger partial charge in [0.25, 0.3) is 0 Å². The zero-order valence-corrected chi connectivity index (χ0v) is 13.1. The summed E-state index contributed by atoms with van der Waals surface area (Å²) in [5, 5.41) is 10.0. The molecule has 4 heteroatoms. The number of nitrogens with zero attached hydrogens (tertiary/aromatic N) is 2. The van der Waals surface area contributed by atoms with Gasteiger partial charge in [0.2, 0.25) is 0 Å². The Morgan fingerprint density at radius 2 is 2.00 bits per heavy atom. The van der Waals surface area contributed by atoms with Crippen molar-refractivity contribution in [3.8, 4) is 6.07 Å². The van der Waals surface area contributed by atoms with Crippen molar-refractivity contribution in [1.82, 2.24) is 4.90 Å². The van der Waals surface area contributed by atoms with E-state index in [4.69, 9.17) is 4.74 Å². The van der Waals surface area contributed by atoms with Gasteiger partial charge in [-0.1, -0.05) is 12.8 Å². The summed E-state index contributed by atoms with van der Waals surface area (Å²) in [6.45, 7) is 4.28. The Morgan fingerprint density at radius 3 is 2.67 bits per heavy atom. The van der Waals surface area contributed by atoms with Crippen molar-refractivity contribution in [3.05, 3.63) is 0 Å². The predicted molar refractivity (Wildman–Crippen MR) is 79.4 cm³/mol. The largest absolute Gasteiger partial charge is 0.465 e. The highest BCUT2D eigenvalue weighted by molar-refractivity contribution is 5.83. The number of carbonyl (C=O) groups is 1. The van der Waals surface area contributed by atoms with Gasteiger partial charge in [-0.05, 0) is 64.5 Å². The van der Waals surface area contributed by atoms with Gasteiger partial charge in [0, 0.05) is 0 Å². The minimum Gasteiger partial charge on any atom is -0.465 e. The van der Waals surface area contributed by atoms with E-state index in [1.807, 2.05) is 6.92 Å². The van der Waals surface area contributed by atoms with E-state index in [1.54, 1.807) is 0 Å². The summed E-state index contributed by atoms with van der Waals surface area (Å²) in [6.07, 6.45) is 8.60. The van der Waals surface area contributed by atoms with E-state index in [0.717, 1.165) is 32.4 Å². The van der Waals surface area contributed by atoms with Gasteiger partial charge in [0.15, 0.2) is 5.41 Å². The van der Waals surface area contributed by atoms with E-state index in [-0.39, 0.29) is 11.5 Å². The number of hydrogen-bond donors (Lipinski definition) is 0. The molecule has 2 aliphatic carbocycles. The van der Waals surface area contributed by atoms with Gasteiger partial charge in [-0.15, -0.1) is 0 Å². The van der Waals surface area contributed by atoms with Crippen molar-refractivity contribution in [3.63, 3.8) is 0 Å². The maximum absolute atomic E-state index is 12.7. The molecular weight excluding hydrogens is 264 g/mol. The predicted octanol–water partition coefficient (Wildman–Crippen LogP) is 2.88. The summed E-state index contributed by atoms with van der Waals surface area (Å²) in [6, 6.07) is 2.46. The van der Waals surface area contributed by atoms with Crippen LogP contribution in [0.15, 0.2) is 0 Å². The first-order valence-electron chi connectivity index (χ1n) is 8.55. The van der Waals surface area contributed by atoms with Crippen LogP contribution in [0.25, 0.3) is 0 Å². The van der Waals surface area contributed by atoms with Gasteiger partial charge in [-0.25, -0.2) is 0 Å². The highest BCUT2D eigenvalue weighted by atomic mass is 16.5. The van der Waals surface area contributed by atoms with Crippen molar-refractivity contribution in [2.75, 3.05) is 19.7 Å². The fraction of sp³-hybridized carbons (Fsp3) is 0.882. The normalized spacial score (nSPS) is 39.7. The second-order valence-corrected chi connectivity index (χ2v) is 6.84. The van der Waals surface area contributed by atoms with Crippen LogP contribution in [-0.2, 0) is 9.53 Å². The van der Waals surface area contributed by atoms with Crippen molar-refractivity contribution in [2.24, 2.45) is 11.3 Å². The van der Waals surface area contributed by atoms with Crippen LogP contribution in [0.5, 0.6) is 0 Å². The fourth-order valence-electron chi connectivity index (χ4n) is 5.31. The van der Waals surface area contributed by atoms with Crippen LogP contribution in [0.2, 0.25) is 0 Å². The topological polar surface area (TPSA) is 53.3 Å². The van der Waals surface area contributed by atoms with E-state index >= 15 is 0 Å². The summed E-state index contributed by atoms with van der Waals surface area (Å²) in [7, 11) is 0. The number of hydrogen-bond acceptors (Lipinski definition) is 4. The maximum Gasteiger partial charge on any atom is 0.328 e. The molecule has 3 fully saturated rings. The Labute approximate surface area is 127 Å². The van der Waals surface area contributed by atoms with Crippen LogP contribution in [0, 0.1) is 22.7 Å². The van der Waals surface area contributed by atoms with Crippen molar-refractivity contribution < 1.29 is 9.53 Å². The monoisotopic (exact) mass is 290 g/mol. The lowest BCUT2D eigenvalue weighted by molar-refractivity contribution is -0.162. The minimum absolute atomic E-state index is 0.247. The molecule has 1 aliphatic heterocycles. The van der Waals surface area contributed by atoms with Crippen molar-refractivity contribution in [1.29, 1.82) is 5.26 Å². The number of esters is 1. The summed E-state index contributed by atoms with van der Waals surface area (Å²) in [5.74, 6) is 0.234. The fourth-order valence-corrected chi connectivity index (χ4v) is 5.31. The number of fused-ring (bicyclic) bond motifs is 1. The number of rotatable bonds is 3. The summed E-state index contributed by atoms with van der Waals surface area (Å²) < 4.78 is 5.37. The molecule has 0 N–H and O–H groups in total. The van der Waals surface area contributed by atoms with Gasteiger partial charge in [0.1, 0.15) is 0 Å². The highest BCUT2D eigenvalue weighted by Crippen LogP contribution is 2.60. The molecule has 0 aromatic carbocycles. The van der Waals surface area contributed by atoms with E-state index in [2.05, 4.69) is 11.0 Å². The molecule has 0 aromatic rings. The smallest absolute Gasteiger partial charge is 0.328 e. The summed E-state index contributed by atoms with van der Waals surface area (Å²) in [5.41, 5.74) is -1.18. The third-order valence-electron chi connectivity index (χ3n) is 6.13. The van der Waals surface area contributed by atoms with Crippen LogP contribution in [0.4, 0.5) is 0 Å². The molecule has 0 radical (unpaired) electrons. The molecule has 3 rings (SSSR count). The van der Waals surface area contributed by atoms with Crippen LogP contribution < -0.4 is 0 Å². The zero-order valence-electron chi connectivity index (χ0n) is 13.1. The van der Waals surface area contributed by atoms with Gasteiger partial charge >= 0.3 is 5.97 Å². The molecule has 0 aromatic heterocycles. The van der Waals surface area contributed by atoms with Crippen LogP contribution in [0.1, 0.15) is 58.3 Å². The molecule has 1 heterocycles. The van der Waals surface area contributed by atoms with E-state index in [9.17, 15) is 10.1 Å². The Morgan fingerprint density at radius 1 is 1.24 bits per heavy atom. The molecule has 3 aliphatic rings. The maximum atomic E-state index is 12.7. The van der Waals surface area contributed by atoms with Crippen molar-refractivity contribution >= 4 is 5.97 Å². The van der Waals surface area contributed by atoms with E-state index in [1.165, 1.54) is 25.7 Å². The van der Waals surface area contributed by atoms with Crippen LogP contribution in [0.3, 0.4) is 0 Å². The average Bonchev–Trinajstić information content (AvgIpc) is 3.14. The lowest BCUT2D eigenvalue weighted by Gasteiger charge is -2.52.